The van der Waals surface area contributed by atoms with Gasteiger partial charge in [0.05, 0.1) is 6.61 Å². The topological polar surface area (TPSA) is 74.2 Å². The predicted octanol–water partition coefficient (Wildman–Crippen LogP) is 2.90. The molecule has 6 heteroatoms. The third-order valence-corrected chi connectivity index (χ3v) is 3.53. The summed E-state index contributed by atoms with van der Waals surface area (Å²) in [4.78, 5) is 4.38. The molecule has 106 valence electrons. The largest absolute Gasteiger partial charge is 0.381 e. The summed E-state index contributed by atoms with van der Waals surface area (Å²) in [5.74, 6) is 1.71. The average Bonchev–Trinajstić information content (AvgIpc) is 3.27. The van der Waals surface area contributed by atoms with Gasteiger partial charge in [0.25, 0.3) is 5.89 Å². The lowest BCUT2D eigenvalue weighted by molar-refractivity contribution is 0.192. The number of nitrogens with zero attached hydrogens (tertiary/aromatic N) is 3. The van der Waals surface area contributed by atoms with Crippen LogP contribution in [0.2, 0.25) is 0 Å². The Balaban J connectivity index is 1.61. The van der Waals surface area contributed by atoms with Crippen molar-refractivity contribution in [2.24, 2.45) is 0 Å². The second-order valence-electron chi connectivity index (χ2n) is 4.96. The zero-order valence-electron chi connectivity index (χ0n) is 11.2. The van der Waals surface area contributed by atoms with E-state index in [-0.39, 0.29) is 5.92 Å². The molecule has 3 heterocycles. The fourth-order valence-corrected chi connectivity index (χ4v) is 2.36. The summed E-state index contributed by atoms with van der Waals surface area (Å²) in [5.41, 5.74) is 1.73. The van der Waals surface area contributed by atoms with Crippen LogP contribution in [0, 0.1) is 0 Å². The molecule has 4 rings (SSSR count). The Bertz CT molecular complexity index is 729. The molecule has 0 aliphatic carbocycles. The van der Waals surface area contributed by atoms with E-state index in [4.69, 9.17) is 13.8 Å². The van der Waals surface area contributed by atoms with Crippen LogP contribution in [0.15, 0.2) is 45.4 Å². The zero-order chi connectivity index (χ0) is 14.1. The van der Waals surface area contributed by atoms with Crippen molar-refractivity contribution in [2.75, 3.05) is 13.2 Å². The van der Waals surface area contributed by atoms with Crippen molar-refractivity contribution >= 4 is 0 Å². The minimum Gasteiger partial charge on any atom is -0.381 e. The van der Waals surface area contributed by atoms with Gasteiger partial charge in [-0.1, -0.05) is 40.6 Å². The first kappa shape index (κ1) is 12.3. The lowest BCUT2D eigenvalue weighted by Crippen LogP contribution is -1.99. The second-order valence-corrected chi connectivity index (χ2v) is 4.96. The van der Waals surface area contributed by atoms with Gasteiger partial charge in [0, 0.05) is 24.2 Å². The van der Waals surface area contributed by atoms with Gasteiger partial charge in [-0.25, -0.2) is 0 Å². The summed E-state index contributed by atoms with van der Waals surface area (Å²) in [5, 5.41) is 8.04. The van der Waals surface area contributed by atoms with Crippen LogP contribution in [0.3, 0.4) is 0 Å². The maximum absolute atomic E-state index is 5.33. The average molecular weight is 283 g/mol. The first-order valence-electron chi connectivity index (χ1n) is 6.84. The highest BCUT2D eigenvalue weighted by Gasteiger charge is 2.24. The molecule has 1 fully saturated rings. The minimum atomic E-state index is 0.207. The third kappa shape index (κ3) is 2.34. The van der Waals surface area contributed by atoms with Crippen molar-refractivity contribution in [3.05, 3.63) is 42.2 Å². The summed E-state index contributed by atoms with van der Waals surface area (Å²) >= 11 is 0. The van der Waals surface area contributed by atoms with Gasteiger partial charge in [0.1, 0.15) is 5.69 Å². The maximum atomic E-state index is 5.33. The van der Waals surface area contributed by atoms with E-state index in [2.05, 4.69) is 15.3 Å². The van der Waals surface area contributed by atoms with Gasteiger partial charge in [-0.05, 0) is 6.42 Å². The molecule has 1 atom stereocenters. The Labute approximate surface area is 120 Å². The molecule has 0 spiro atoms. The maximum Gasteiger partial charge on any atom is 0.296 e. The van der Waals surface area contributed by atoms with Crippen LogP contribution in [0.1, 0.15) is 18.2 Å². The molecular formula is C15H13N3O3. The first-order valence-corrected chi connectivity index (χ1v) is 6.84. The molecule has 0 saturated carbocycles. The molecule has 1 saturated heterocycles. The summed E-state index contributed by atoms with van der Waals surface area (Å²) in [6.45, 7) is 1.39. The van der Waals surface area contributed by atoms with Crippen molar-refractivity contribution < 1.29 is 13.8 Å². The molecule has 1 aliphatic rings. The Morgan fingerprint density at radius 1 is 1.05 bits per heavy atom. The standard InChI is InChI=1S/C15H13N3O3/c1-2-4-10(5-3-1)12-8-13(20-17-12)15-16-14(18-21-15)11-6-7-19-9-11/h1-5,8,11H,6-7,9H2/t11-/m1/s1. The predicted molar refractivity (Wildman–Crippen MR) is 73.4 cm³/mol. The molecule has 2 aromatic heterocycles. The Morgan fingerprint density at radius 2 is 1.95 bits per heavy atom. The summed E-state index contributed by atoms with van der Waals surface area (Å²) in [6, 6.07) is 11.6. The molecule has 0 N–H and O–H groups in total. The van der Waals surface area contributed by atoms with E-state index < -0.39 is 0 Å². The van der Waals surface area contributed by atoms with Crippen molar-refractivity contribution in [2.45, 2.75) is 12.3 Å². The Morgan fingerprint density at radius 3 is 2.76 bits per heavy atom. The summed E-state index contributed by atoms with van der Waals surface area (Å²) in [6.07, 6.45) is 0.921. The minimum absolute atomic E-state index is 0.207. The van der Waals surface area contributed by atoms with Gasteiger partial charge in [-0.2, -0.15) is 4.98 Å². The summed E-state index contributed by atoms with van der Waals surface area (Å²) < 4.78 is 15.9. The number of aromatic nitrogens is 3. The fourth-order valence-electron chi connectivity index (χ4n) is 2.36. The SMILES string of the molecule is c1ccc(-c2cc(-c3nc([C@@H]4CCOC4)no3)on2)cc1. The molecule has 0 bridgehead atoms. The van der Waals surface area contributed by atoms with Gasteiger partial charge in [0.2, 0.25) is 5.76 Å². The van der Waals surface area contributed by atoms with Crippen molar-refractivity contribution in [1.29, 1.82) is 0 Å². The highest BCUT2D eigenvalue weighted by atomic mass is 16.5. The molecule has 1 aliphatic heterocycles. The number of benzene rings is 1. The number of rotatable bonds is 3. The molecule has 21 heavy (non-hydrogen) atoms. The van der Waals surface area contributed by atoms with Crippen LogP contribution in [-0.4, -0.2) is 28.5 Å². The number of hydrogen-bond donors (Lipinski definition) is 0. The van der Waals surface area contributed by atoms with E-state index in [0.717, 1.165) is 24.3 Å². The van der Waals surface area contributed by atoms with E-state index in [1.807, 2.05) is 30.3 Å². The van der Waals surface area contributed by atoms with Gasteiger partial charge >= 0.3 is 0 Å². The van der Waals surface area contributed by atoms with Crippen LogP contribution >= 0.6 is 0 Å². The van der Waals surface area contributed by atoms with Crippen LogP contribution in [-0.2, 0) is 4.74 Å². The molecule has 0 amide bonds. The lowest BCUT2D eigenvalue weighted by Gasteiger charge is -1.97. The number of ether oxygens (including phenoxy) is 1. The Kier molecular flexibility index (Phi) is 3.01. The van der Waals surface area contributed by atoms with Crippen LogP contribution in [0.25, 0.3) is 22.9 Å². The van der Waals surface area contributed by atoms with E-state index >= 15 is 0 Å². The molecular weight excluding hydrogens is 270 g/mol. The smallest absolute Gasteiger partial charge is 0.296 e. The highest BCUT2D eigenvalue weighted by molar-refractivity contribution is 5.62. The van der Waals surface area contributed by atoms with Crippen molar-refractivity contribution in [1.82, 2.24) is 15.3 Å². The number of hydrogen-bond acceptors (Lipinski definition) is 6. The van der Waals surface area contributed by atoms with E-state index in [1.165, 1.54) is 0 Å². The summed E-state index contributed by atoms with van der Waals surface area (Å²) in [7, 11) is 0. The zero-order valence-corrected chi connectivity index (χ0v) is 11.2. The molecule has 0 unspecified atom stereocenters. The van der Waals surface area contributed by atoms with Gasteiger partial charge < -0.3 is 13.8 Å². The van der Waals surface area contributed by atoms with Gasteiger partial charge in [-0.3, -0.25) is 0 Å². The third-order valence-electron chi connectivity index (χ3n) is 3.53. The molecule has 6 nitrogen and oxygen atoms in total. The quantitative estimate of drug-likeness (QED) is 0.735. The normalized spacial score (nSPS) is 18.2. The van der Waals surface area contributed by atoms with Gasteiger partial charge in [0.15, 0.2) is 5.82 Å². The van der Waals surface area contributed by atoms with Crippen LogP contribution in [0.5, 0.6) is 0 Å². The second kappa shape index (κ2) is 5.14. The fraction of sp³-hybridized carbons (Fsp3) is 0.267. The highest BCUT2D eigenvalue weighted by Crippen LogP contribution is 2.28. The van der Waals surface area contributed by atoms with E-state index in [1.54, 1.807) is 6.07 Å². The van der Waals surface area contributed by atoms with Gasteiger partial charge in [-0.15, -0.1) is 0 Å². The van der Waals surface area contributed by atoms with E-state index in [9.17, 15) is 0 Å². The van der Waals surface area contributed by atoms with Crippen molar-refractivity contribution in [3.63, 3.8) is 0 Å². The molecule has 0 radical (unpaired) electrons. The molecule has 3 aromatic rings. The Hall–Kier alpha value is -2.47. The van der Waals surface area contributed by atoms with Crippen LogP contribution < -0.4 is 0 Å². The lowest BCUT2D eigenvalue weighted by atomic mass is 10.1. The van der Waals surface area contributed by atoms with E-state index in [0.29, 0.717) is 24.1 Å². The first-order chi connectivity index (χ1) is 10.4. The van der Waals surface area contributed by atoms with Crippen molar-refractivity contribution in [3.8, 4) is 22.9 Å². The molecule has 1 aromatic carbocycles. The van der Waals surface area contributed by atoms with Crippen LogP contribution in [0.4, 0.5) is 0 Å². The monoisotopic (exact) mass is 283 g/mol.